The number of amides is 1. The van der Waals surface area contributed by atoms with Crippen molar-refractivity contribution in [1.82, 2.24) is 10.3 Å². The van der Waals surface area contributed by atoms with E-state index in [1.807, 2.05) is 0 Å². The molecular weight excluding hydrogens is 246 g/mol. The molecule has 0 spiro atoms. The van der Waals surface area contributed by atoms with Crippen LogP contribution in [0, 0.1) is 0 Å². The molecule has 0 unspecified atom stereocenters. The molecule has 6 heteroatoms. The van der Waals surface area contributed by atoms with E-state index in [1.54, 1.807) is 24.3 Å². The van der Waals surface area contributed by atoms with Gasteiger partial charge in [-0.05, 0) is 12.1 Å². The first-order chi connectivity index (χ1) is 9.09. The fourth-order valence-corrected chi connectivity index (χ4v) is 1.78. The number of nitrogens with two attached hydrogens (primary N) is 1. The van der Waals surface area contributed by atoms with Gasteiger partial charge in [-0.15, -0.1) is 0 Å². The van der Waals surface area contributed by atoms with Crippen LogP contribution in [0.2, 0.25) is 0 Å². The molecule has 6 nitrogen and oxygen atoms in total. The lowest BCUT2D eigenvalue weighted by molar-refractivity contribution is -0.136. The molecule has 2 rings (SSSR count). The highest BCUT2D eigenvalue weighted by Crippen LogP contribution is 2.22. The summed E-state index contributed by atoms with van der Waals surface area (Å²) in [5.74, 6) is -1.37. The number of rotatable bonds is 4. The van der Waals surface area contributed by atoms with E-state index in [2.05, 4.69) is 10.3 Å². The zero-order chi connectivity index (χ0) is 13.8. The smallest absolute Gasteiger partial charge is 0.305 e. The van der Waals surface area contributed by atoms with Gasteiger partial charge in [0.1, 0.15) is 5.69 Å². The minimum atomic E-state index is -0.963. The molecule has 0 fully saturated rings. The summed E-state index contributed by atoms with van der Waals surface area (Å²) in [4.78, 5) is 26.4. The maximum absolute atomic E-state index is 11.9. The zero-order valence-corrected chi connectivity index (χ0v) is 10.1. The molecule has 98 valence electrons. The topological polar surface area (TPSA) is 105 Å². The molecule has 0 saturated carbocycles. The molecule has 19 heavy (non-hydrogen) atoms. The van der Waals surface area contributed by atoms with E-state index in [1.165, 1.54) is 6.20 Å². The highest BCUT2D eigenvalue weighted by molar-refractivity contribution is 6.07. The minimum absolute atomic E-state index is 0.0640. The Morgan fingerprint density at radius 3 is 2.79 bits per heavy atom. The highest BCUT2D eigenvalue weighted by atomic mass is 16.4. The van der Waals surface area contributed by atoms with Crippen LogP contribution in [-0.2, 0) is 4.79 Å². The number of pyridine rings is 1. The third-order valence-corrected chi connectivity index (χ3v) is 2.68. The van der Waals surface area contributed by atoms with Crippen molar-refractivity contribution in [2.45, 2.75) is 6.42 Å². The molecule has 0 atom stereocenters. The number of hydrogen-bond donors (Lipinski definition) is 3. The van der Waals surface area contributed by atoms with Crippen LogP contribution in [0.25, 0.3) is 10.8 Å². The van der Waals surface area contributed by atoms with E-state index in [9.17, 15) is 9.59 Å². The fraction of sp³-hybridized carbons (Fsp3) is 0.154. The summed E-state index contributed by atoms with van der Waals surface area (Å²) in [6, 6.07) is 6.98. The average molecular weight is 259 g/mol. The van der Waals surface area contributed by atoms with Crippen molar-refractivity contribution in [3.05, 3.63) is 36.2 Å². The van der Waals surface area contributed by atoms with E-state index < -0.39 is 11.9 Å². The van der Waals surface area contributed by atoms with Crippen molar-refractivity contribution in [2.75, 3.05) is 12.3 Å². The van der Waals surface area contributed by atoms with E-state index in [0.29, 0.717) is 11.1 Å². The van der Waals surface area contributed by atoms with Gasteiger partial charge in [0.05, 0.1) is 6.42 Å². The number of nitrogens with one attached hydrogen (secondary N) is 1. The van der Waals surface area contributed by atoms with Crippen LogP contribution in [0.1, 0.15) is 16.9 Å². The van der Waals surface area contributed by atoms with Crippen LogP contribution in [0.15, 0.2) is 30.5 Å². The Labute approximate surface area is 109 Å². The Bertz CT molecular complexity index is 640. The van der Waals surface area contributed by atoms with Gasteiger partial charge in [0.15, 0.2) is 0 Å². The van der Waals surface area contributed by atoms with Crippen molar-refractivity contribution in [2.24, 2.45) is 0 Å². The predicted molar refractivity (Wildman–Crippen MR) is 70.7 cm³/mol. The molecule has 1 aromatic heterocycles. The summed E-state index contributed by atoms with van der Waals surface area (Å²) >= 11 is 0. The molecule has 2 aromatic rings. The summed E-state index contributed by atoms with van der Waals surface area (Å²) in [6.45, 7) is 0.0640. The van der Waals surface area contributed by atoms with Crippen LogP contribution < -0.4 is 11.1 Å². The number of carboxylic acids is 1. The summed E-state index contributed by atoms with van der Waals surface area (Å²) in [5.41, 5.74) is 6.64. The monoisotopic (exact) mass is 259 g/mol. The van der Waals surface area contributed by atoms with Gasteiger partial charge in [0.2, 0.25) is 0 Å². The third kappa shape index (κ3) is 2.79. The molecule has 0 bridgehead atoms. The van der Waals surface area contributed by atoms with Gasteiger partial charge in [-0.25, -0.2) is 0 Å². The Morgan fingerprint density at radius 2 is 2.05 bits per heavy atom. The van der Waals surface area contributed by atoms with Crippen molar-refractivity contribution >= 4 is 28.3 Å². The SMILES string of the molecule is Nc1cccc2c(C(=O)NCCC(=O)O)nccc12. The Kier molecular flexibility index (Phi) is 3.61. The van der Waals surface area contributed by atoms with E-state index >= 15 is 0 Å². The van der Waals surface area contributed by atoms with Gasteiger partial charge >= 0.3 is 5.97 Å². The maximum Gasteiger partial charge on any atom is 0.305 e. The quantitative estimate of drug-likeness (QED) is 0.711. The van der Waals surface area contributed by atoms with Crippen LogP contribution in [0.4, 0.5) is 5.69 Å². The van der Waals surface area contributed by atoms with Crippen molar-refractivity contribution in [3.8, 4) is 0 Å². The van der Waals surface area contributed by atoms with Crippen molar-refractivity contribution in [3.63, 3.8) is 0 Å². The number of hydrogen-bond acceptors (Lipinski definition) is 4. The van der Waals surface area contributed by atoms with Gasteiger partial charge in [-0.1, -0.05) is 12.1 Å². The van der Waals surface area contributed by atoms with E-state index in [4.69, 9.17) is 10.8 Å². The molecule has 0 aliphatic rings. The second-order valence-electron chi connectivity index (χ2n) is 4.00. The maximum atomic E-state index is 11.9. The first kappa shape index (κ1) is 12.8. The largest absolute Gasteiger partial charge is 0.481 e. The lowest BCUT2D eigenvalue weighted by Crippen LogP contribution is -2.27. The number of fused-ring (bicyclic) bond motifs is 1. The summed E-state index contributed by atoms with van der Waals surface area (Å²) < 4.78 is 0. The second kappa shape index (κ2) is 5.34. The number of nitrogen functional groups attached to an aromatic ring is 1. The summed E-state index contributed by atoms with van der Waals surface area (Å²) in [6.07, 6.45) is 1.38. The molecule has 0 radical (unpaired) electrons. The van der Waals surface area contributed by atoms with Crippen LogP contribution in [-0.4, -0.2) is 28.5 Å². The number of carbonyl (C=O) groups is 2. The van der Waals surface area contributed by atoms with Gasteiger partial charge < -0.3 is 16.2 Å². The standard InChI is InChI=1S/C13H13N3O3/c14-10-3-1-2-9-8(10)4-6-15-12(9)13(19)16-7-5-11(17)18/h1-4,6H,5,7,14H2,(H,16,19)(H,17,18). The van der Waals surface area contributed by atoms with Crippen LogP contribution >= 0.6 is 0 Å². The van der Waals surface area contributed by atoms with Gasteiger partial charge in [0.25, 0.3) is 5.91 Å². The predicted octanol–water partition coefficient (Wildman–Crippen LogP) is 1.02. The van der Waals surface area contributed by atoms with E-state index in [-0.39, 0.29) is 18.7 Å². The Hall–Kier alpha value is -2.63. The molecule has 4 N–H and O–H groups in total. The normalized spacial score (nSPS) is 10.3. The Balaban J connectivity index is 2.27. The van der Waals surface area contributed by atoms with Crippen LogP contribution in [0.3, 0.4) is 0 Å². The van der Waals surface area contributed by atoms with Gasteiger partial charge in [0, 0.05) is 29.2 Å². The first-order valence-electron chi connectivity index (χ1n) is 5.73. The van der Waals surface area contributed by atoms with Gasteiger partial charge in [-0.3, -0.25) is 14.6 Å². The van der Waals surface area contributed by atoms with Crippen molar-refractivity contribution in [1.29, 1.82) is 0 Å². The second-order valence-corrected chi connectivity index (χ2v) is 4.00. The van der Waals surface area contributed by atoms with Crippen molar-refractivity contribution < 1.29 is 14.7 Å². The average Bonchev–Trinajstić information content (AvgIpc) is 2.38. The number of carboxylic acid groups (broad SMARTS) is 1. The number of anilines is 1. The van der Waals surface area contributed by atoms with E-state index in [0.717, 1.165) is 5.39 Å². The number of benzene rings is 1. The molecule has 1 aromatic carbocycles. The van der Waals surface area contributed by atoms with Gasteiger partial charge in [-0.2, -0.15) is 0 Å². The molecule has 1 amide bonds. The summed E-state index contributed by atoms with van der Waals surface area (Å²) in [5, 5.41) is 12.4. The fourth-order valence-electron chi connectivity index (χ4n) is 1.78. The number of aromatic nitrogens is 1. The van der Waals surface area contributed by atoms with Crippen LogP contribution in [0.5, 0.6) is 0 Å². The lowest BCUT2D eigenvalue weighted by Gasteiger charge is -2.07. The molecule has 1 heterocycles. The Morgan fingerprint density at radius 1 is 1.26 bits per heavy atom. The zero-order valence-electron chi connectivity index (χ0n) is 10.1. The molecule has 0 aliphatic heterocycles. The molecular formula is C13H13N3O3. The summed E-state index contributed by atoms with van der Waals surface area (Å²) in [7, 11) is 0. The highest BCUT2D eigenvalue weighted by Gasteiger charge is 2.12. The first-order valence-corrected chi connectivity index (χ1v) is 5.73. The lowest BCUT2D eigenvalue weighted by atomic mass is 10.1. The molecule has 0 saturated heterocycles. The molecule has 0 aliphatic carbocycles. The third-order valence-electron chi connectivity index (χ3n) is 2.68. The number of carbonyl (C=O) groups excluding carboxylic acids is 1. The minimum Gasteiger partial charge on any atom is -0.481 e. The number of nitrogens with zero attached hydrogens (tertiary/aromatic N) is 1. The number of aliphatic carboxylic acids is 1.